The smallest absolute Gasteiger partial charge is 0.189 e. The summed E-state index contributed by atoms with van der Waals surface area (Å²) in [6, 6.07) is 4.05. The zero-order valence-corrected chi connectivity index (χ0v) is 17.7. The van der Waals surface area contributed by atoms with Crippen LogP contribution in [0.3, 0.4) is 0 Å². The van der Waals surface area contributed by atoms with Gasteiger partial charge in [-0.25, -0.2) is 19.9 Å². The van der Waals surface area contributed by atoms with Gasteiger partial charge in [0.05, 0.1) is 0 Å². The average Bonchev–Trinajstić information content (AvgIpc) is 2.63. The summed E-state index contributed by atoms with van der Waals surface area (Å²) in [6.07, 6.45) is 8.43. The Kier molecular flexibility index (Phi) is 8.61. The summed E-state index contributed by atoms with van der Waals surface area (Å²) < 4.78 is 0. The molecule has 0 spiro atoms. The molecule has 0 fully saturated rings. The lowest BCUT2D eigenvalue weighted by atomic mass is 10.2. The van der Waals surface area contributed by atoms with E-state index in [4.69, 9.17) is 15.7 Å². The summed E-state index contributed by atoms with van der Waals surface area (Å²) in [5, 5.41) is 1.56. The maximum atomic E-state index is 5.60. The van der Waals surface area contributed by atoms with E-state index in [2.05, 4.69) is 14.9 Å². The van der Waals surface area contributed by atoms with Crippen molar-refractivity contribution >= 4 is 35.2 Å². The Hall–Kier alpha value is -1.38. The Morgan fingerprint density at radius 1 is 0.808 bits per heavy atom. The van der Waals surface area contributed by atoms with Gasteiger partial charge in [-0.3, -0.25) is 0 Å². The second kappa shape index (κ2) is 10.7. The molecule has 0 saturated carbocycles. The lowest BCUT2D eigenvalue weighted by Crippen LogP contribution is -2.22. The van der Waals surface area contributed by atoms with Crippen molar-refractivity contribution in [2.24, 2.45) is 5.73 Å². The van der Waals surface area contributed by atoms with Gasteiger partial charge in [0.25, 0.3) is 0 Å². The maximum absolute atomic E-state index is 5.60. The molecule has 0 aliphatic rings. The largest absolute Gasteiger partial charge is 0.330 e. The molecule has 0 aliphatic heterocycles. The van der Waals surface area contributed by atoms with Crippen molar-refractivity contribution in [3.05, 3.63) is 23.5 Å². The van der Waals surface area contributed by atoms with Crippen LogP contribution in [-0.2, 0) is 0 Å². The zero-order chi connectivity index (χ0) is 18.9. The number of thioether (sulfide) groups is 2. The van der Waals surface area contributed by atoms with Crippen molar-refractivity contribution in [1.29, 1.82) is 0 Å². The van der Waals surface area contributed by atoms with Gasteiger partial charge >= 0.3 is 0 Å². The summed E-state index contributed by atoms with van der Waals surface area (Å²) >= 11 is 3.11. The molecular weight excluding hydrogens is 364 g/mol. The predicted octanol–water partition coefficient (Wildman–Crippen LogP) is 3.98. The van der Waals surface area contributed by atoms with Crippen molar-refractivity contribution in [3.63, 3.8) is 0 Å². The third-order valence-corrected chi connectivity index (χ3v) is 4.99. The van der Waals surface area contributed by atoms with Crippen molar-refractivity contribution in [2.75, 3.05) is 30.5 Å². The fourth-order valence-corrected chi connectivity index (χ4v) is 3.46. The molecule has 0 unspecified atom stereocenters. The van der Waals surface area contributed by atoms with Crippen LogP contribution in [0.1, 0.15) is 37.1 Å². The van der Waals surface area contributed by atoms with Gasteiger partial charge < -0.3 is 10.6 Å². The van der Waals surface area contributed by atoms with Crippen molar-refractivity contribution in [1.82, 2.24) is 19.9 Å². The molecule has 2 aromatic rings. The van der Waals surface area contributed by atoms with Crippen LogP contribution in [0.4, 0.5) is 11.6 Å². The highest BCUT2D eigenvalue weighted by molar-refractivity contribution is 7.98. The predicted molar refractivity (Wildman–Crippen MR) is 112 cm³/mol. The van der Waals surface area contributed by atoms with Gasteiger partial charge in [0, 0.05) is 30.1 Å². The van der Waals surface area contributed by atoms with Crippen LogP contribution in [0.2, 0.25) is 0 Å². The summed E-state index contributed by atoms with van der Waals surface area (Å²) in [6.45, 7) is 5.62. The summed E-state index contributed by atoms with van der Waals surface area (Å²) in [5.41, 5.74) is 7.52. The Morgan fingerprint density at radius 2 is 1.31 bits per heavy atom. The number of unbranched alkanes of at least 4 members (excludes halogenated alkanes) is 3. The molecule has 0 amide bonds. The van der Waals surface area contributed by atoms with Crippen molar-refractivity contribution < 1.29 is 0 Å². The normalized spacial score (nSPS) is 11.0. The summed E-state index contributed by atoms with van der Waals surface area (Å²) in [5.74, 6) is 1.79. The van der Waals surface area contributed by atoms with E-state index in [0.717, 1.165) is 72.1 Å². The molecular formula is C18H28N6S2. The van der Waals surface area contributed by atoms with Crippen LogP contribution < -0.4 is 10.6 Å². The highest BCUT2D eigenvalue weighted by Crippen LogP contribution is 2.27. The minimum atomic E-state index is 0.758. The molecule has 8 heteroatoms. The first-order valence-corrected chi connectivity index (χ1v) is 11.3. The van der Waals surface area contributed by atoms with E-state index in [0.29, 0.717) is 0 Å². The van der Waals surface area contributed by atoms with E-state index in [1.807, 2.05) is 38.5 Å². The molecule has 2 aromatic heterocycles. The molecule has 0 radical (unpaired) electrons. The Balaban J connectivity index is 2.32. The van der Waals surface area contributed by atoms with Gasteiger partial charge in [-0.05, 0) is 45.7 Å². The zero-order valence-electron chi connectivity index (χ0n) is 16.0. The molecule has 2 rings (SSSR count). The van der Waals surface area contributed by atoms with E-state index in [1.165, 1.54) is 0 Å². The molecule has 142 valence electrons. The van der Waals surface area contributed by atoms with Crippen LogP contribution in [0.15, 0.2) is 22.4 Å². The Morgan fingerprint density at radius 3 is 1.77 bits per heavy atom. The highest BCUT2D eigenvalue weighted by Gasteiger charge is 2.16. The second-order valence-corrected chi connectivity index (χ2v) is 7.61. The fraction of sp³-hybridized carbons (Fsp3) is 0.556. The Labute approximate surface area is 164 Å². The average molecular weight is 393 g/mol. The van der Waals surface area contributed by atoms with Gasteiger partial charge in [-0.15, -0.1) is 0 Å². The number of aryl methyl sites for hydroxylation is 2. The quantitative estimate of drug-likeness (QED) is 0.369. The number of hydrogen-bond acceptors (Lipinski definition) is 8. The first-order chi connectivity index (χ1) is 12.6. The molecule has 26 heavy (non-hydrogen) atoms. The van der Waals surface area contributed by atoms with Crippen molar-refractivity contribution in [3.8, 4) is 0 Å². The third kappa shape index (κ3) is 6.10. The van der Waals surface area contributed by atoms with E-state index >= 15 is 0 Å². The molecule has 0 atom stereocenters. The number of aromatic nitrogens is 4. The fourth-order valence-electron chi connectivity index (χ4n) is 2.62. The topological polar surface area (TPSA) is 80.8 Å². The molecule has 0 aromatic carbocycles. The highest BCUT2D eigenvalue weighted by atomic mass is 32.2. The number of hydrogen-bond donors (Lipinski definition) is 1. The molecule has 6 nitrogen and oxygen atoms in total. The molecule has 0 aliphatic carbocycles. The second-order valence-electron chi connectivity index (χ2n) is 6.06. The lowest BCUT2D eigenvalue weighted by molar-refractivity contribution is 0.643. The number of nitrogens with two attached hydrogens (primary N) is 1. The van der Waals surface area contributed by atoms with E-state index < -0.39 is 0 Å². The number of rotatable bonds is 10. The van der Waals surface area contributed by atoms with Crippen LogP contribution in [-0.4, -0.2) is 45.5 Å². The van der Waals surface area contributed by atoms with Gasteiger partial charge in [0.15, 0.2) is 10.3 Å². The maximum Gasteiger partial charge on any atom is 0.189 e. The molecule has 0 bridgehead atoms. The molecule has 0 saturated heterocycles. The summed E-state index contributed by atoms with van der Waals surface area (Å²) in [7, 11) is 0. The van der Waals surface area contributed by atoms with Gasteiger partial charge in [-0.1, -0.05) is 36.4 Å². The minimum Gasteiger partial charge on any atom is -0.330 e. The lowest BCUT2D eigenvalue weighted by Gasteiger charge is -2.24. The summed E-state index contributed by atoms with van der Waals surface area (Å²) in [4.78, 5) is 20.6. The van der Waals surface area contributed by atoms with Crippen LogP contribution in [0, 0.1) is 13.8 Å². The van der Waals surface area contributed by atoms with Crippen LogP contribution in [0.25, 0.3) is 0 Å². The first-order valence-electron chi connectivity index (χ1n) is 8.84. The third-order valence-electron chi connectivity index (χ3n) is 3.89. The number of anilines is 2. The monoisotopic (exact) mass is 392 g/mol. The minimum absolute atomic E-state index is 0.758. The molecule has 2 heterocycles. The van der Waals surface area contributed by atoms with Gasteiger partial charge in [0.1, 0.15) is 11.6 Å². The first kappa shape index (κ1) is 20.9. The van der Waals surface area contributed by atoms with Crippen molar-refractivity contribution in [2.45, 2.75) is 49.8 Å². The standard InChI is InChI=1S/C18H28N6S2/c1-13-11-15(22-17(20-13)25-3)24(10-8-6-5-7-9-19)16-12-14(2)21-18(23-16)26-4/h11-12H,5-10,19H2,1-4H3. The number of nitrogens with zero attached hydrogens (tertiary/aromatic N) is 5. The SMILES string of the molecule is CSc1nc(C)cc(N(CCCCCCN)c2cc(C)nc(SC)n2)n1. The van der Waals surface area contributed by atoms with Crippen LogP contribution >= 0.6 is 23.5 Å². The molecule has 2 N–H and O–H groups in total. The van der Waals surface area contributed by atoms with Crippen LogP contribution in [0.5, 0.6) is 0 Å². The van der Waals surface area contributed by atoms with Gasteiger partial charge in [-0.2, -0.15) is 0 Å². The van der Waals surface area contributed by atoms with Gasteiger partial charge in [0.2, 0.25) is 0 Å². The Bertz CT molecular complexity index is 657. The van der Waals surface area contributed by atoms with E-state index in [-0.39, 0.29) is 0 Å². The van der Waals surface area contributed by atoms with E-state index in [1.54, 1.807) is 23.5 Å². The van der Waals surface area contributed by atoms with E-state index in [9.17, 15) is 0 Å².